The minimum absolute atomic E-state index is 0.193. The summed E-state index contributed by atoms with van der Waals surface area (Å²) in [5, 5.41) is 5.70. The first-order valence-corrected chi connectivity index (χ1v) is 12.4. The Bertz CT molecular complexity index is 992. The fraction of sp³-hybridized carbons (Fsp3) is 0.444. The highest BCUT2D eigenvalue weighted by Crippen LogP contribution is 2.11. The zero-order valence-electron chi connectivity index (χ0n) is 21.3. The lowest BCUT2D eigenvalue weighted by Gasteiger charge is -2.24. The third kappa shape index (κ3) is 9.41. The molecular weight excluding hydrogens is 456 g/mol. The molecule has 0 bridgehead atoms. The molecule has 36 heavy (non-hydrogen) atoms. The normalized spacial score (nSPS) is 12.5. The molecule has 0 aliphatic rings. The number of nitrogens with one attached hydrogen (secondary N) is 2. The quantitative estimate of drug-likeness (QED) is 0.256. The molecule has 0 fully saturated rings. The Balaban J connectivity index is 2.06. The molecule has 0 aliphatic heterocycles. The van der Waals surface area contributed by atoms with Crippen LogP contribution in [0.15, 0.2) is 48.5 Å². The van der Waals surface area contributed by atoms with Crippen molar-refractivity contribution in [3.8, 4) is 0 Å². The van der Waals surface area contributed by atoms with E-state index in [0.717, 1.165) is 22.3 Å². The first kappa shape index (κ1) is 29.0. The van der Waals surface area contributed by atoms with E-state index in [0.29, 0.717) is 32.5 Å². The van der Waals surface area contributed by atoms with Crippen LogP contribution in [0.25, 0.3) is 0 Å². The Morgan fingerprint density at radius 1 is 0.944 bits per heavy atom. The van der Waals surface area contributed by atoms with Gasteiger partial charge in [0.1, 0.15) is 6.04 Å². The minimum atomic E-state index is -1.10. The van der Waals surface area contributed by atoms with Gasteiger partial charge < -0.3 is 32.7 Å². The fourth-order valence-electron chi connectivity index (χ4n) is 3.88. The molecule has 3 amide bonds. The smallest absolute Gasteiger partial charge is 0.242 e. The van der Waals surface area contributed by atoms with Gasteiger partial charge in [-0.3, -0.25) is 14.4 Å². The lowest BCUT2D eigenvalue weighted by atomic mass is 10.0. The molecule has 2 atom stereocenters. The van der Waals surface area contributed by atoms with Crippen molar-refractivity contribution in [3.63, 3.8) is 0 Å². The summed E-state index contributed by atoms with van der Waals surface area (Å²) < 4.78 is 0. The van der Waals surface area contributed by atoms with E-state index in [1.54, 1.807) is 0 Å². The molecule has 9 heteroatoms. The summed E-state index contributed by atoms with van der Waals surface area (Å²) in [6, 6.07) is 13.9. The van der Waals surface area contributed by atoms with Crippen molar-refractivity contribution in [1.82, 2.24) is 15.5 Å². The number of amides is 3. The van der Waals surface area contributed by atoms with Crippen LogP contribution in [0.4, 0.5) is 0 Å². The molecule has 8 N–H and O–H groups in total. The van der Waals surface area contributed by atoms with Gasteiger partial charge in [-0.05, 0) is 43.4 Å². The van der Waals surface area contributed by atoms with Crippen LogP contribution in [0.1, 0.15) is 35.1 Å². The zero-order valence-corrected chi connectivity index (χ0v) is 21.3. The number of aryl methyl sites for hydroxylation is 3. The van der Waals surface area contributed by atoms with Crippen molar-refractivity contribution in [2.75, 3.05) is 26.2 Å². The molecule has 2 aromatic rings. The number of benzene rings is 2. The summed E-state index contributed by atoms with van der Waals surface area (Å²) >= 11 is 0. The number of nitrogens with zero attached hydrogens (tertiary/aromatic N) is 1. The predicted octanol–water partition coefficient (Wildman–Crippen LogP) is 0.501. The highest BCUT2D eigenvalue weighted by Gasteiger charge is 2.26. The van der Waals surface area contributed by atoms with Gasteiger partial charge in [-0.15, -0.1) is 0 Å². The van der Waals surface area contributed by atoms with Crippen molar-refractivity contribution in [3.05, 3.63) is 70.8 Å². The molecule has 2 aromatic carbocycles. The van der Waals surface area contributed by atoms with Crippen molar-refractivity contribution >= 4 is 17.7 Å². The molecule has 2 unspecified atom stereocenters. The topological polar surface area (TPSA) is 157 Å². The molecule has 0 saturated carbocycles. The largest absolute Gasteiger partial charge is 0.350 e. The maximum atomic E-state index is 13.1. The van der Waals surface area contributed by atoms with Crippen LogP contribution in [0.2, 0.25) is 0 Å². The van der Waals surface area contributed by atoms with Crippen LogP contribution in [-0.4, -0.2) is 60.9 Å². The van der Waals surface area contributed by atoms with Gasteiger partial charge in [0.05, 0.1) is 12.5 Å². The number of nitrogens with two attached hydrogens (primary N) is 3. The number of carbonyl (C=O) groups is 3. The Kier molecular flexibility index (Phi) is 12.0. The minimum Gasteiger partial charge on any atom is -0.350 e. The van der Waals surface area contributed by atoms with Crippen molar-refractivity contribution in [2.24, 2.45) is 17.2 Å². The van der Waals surface area contributed by atoms with Gasteiger partial charge in [0.2, 0.25) is 17.7 Å². The average molecular weight is 497 g/mol. The number of hydrogen-bond donors (Lipinski definition) is 5. The van der Waals surface area contributed by atoms with E-state index in [4.69, 9.17) is 17.2 Å². The molecule has 2 rings (SSSR count). The standard InChI is InChI=1S/C27H40N6O3/c1-19-8-9-20(2)22(16-19)18-31-27(36)24(11-10-21-6-4-3-5-7-21)32-26(35)23(30)17-25(34)33(14-12-28)15-13-29/h3-9,16,23-24H,10-15,17-18,28-30H2,1-2H3,(H,31,36)(H,32,35). The van der Waals surface area contributed by atoms with Gasteiger partial charge in [-0.1, -0.05) is 54.1 Å². The Labute approximate surface area is 213 Å². The molecule has 0 radical (unpaired) electrons. The van der Waals surface area contributed by atoms with Gasteiger partial charge in [-0.25, -0.2) is 0 Å². The first-order valence-electron chi connectivity index (χ1n) is 12.4. The maximum Gasteiger partial charge on any atom is 0.242 e. The maximum absolute atomic E-state index is 13.1. The third-order valence-corrected chi connectivity index (χ3v) is 6.04. The van der Waals surface area contributed by atoms with E-state index >= 15 is 0 Å². The summed E-state index contributed by atoms with van der Waals surface area (Å²) in [6.07, 6.45) is 0.792. The van der Waals surface area contributed by atoms with Gasteiger partial charge in [-0.2, -0.15) is 0 Å². The summed E-state index contributed by atoms with van der Waals surface area (Å²) in [6.45, 7) is 5.59. The highest BCUT2D eigenvalue weighted by atomic mass is 16.2. The third-order valence-electron chi connectivity index (χ3n) is 6.04. The first-order chi connectivity index (χ1) is 17.2. The van der Waals surface area contributed by atoms with E-state index in [-0.39, 0.29) is 31.3 Å². The summed E-state index contributed by atoms with van der Waals surface area (Å²) in [5.41, 5.74) is 21.4. The summed E-state index contributed by atoms with van der Waals surface area (Å²) in [7, 11) is 0. The predicted molar refractivity (Wildman–Crippen MR) is 142 cm³/mol. The molecule has 0 saturated heterocycles. The van der Waals surface area contributed by atoms with Crippen LogP contribution >= 0.6 is 0 Å². The second-order valence-electron chi connectivity index (χ2n) is 9.00. The Hall–Kier alpha value is -3.27. The van der Waals surface area contributed by atoms with Crippen molar-refractivity contribution < 1.29 is 14.4 Å². The van der Waals surface area contributed by atoms with Crippen molar-refractivity contribution in [1.29, 1.82) is 0 Å². The van der Waals surface area contributed by atoms with Gasteiger partial charge in [0.15, 0.2) is 0 Å². The second-order valence-corrected chi connectivity index (χ2v) is 9.00. The number of carbonyl (C=O) groups excluding carboxylic acids is 3. The van der Waals surface area contributed by atoms with E-state index in [2.05, 4.69) is 10.6 Å². The van der Waals surface area contributed by atoms with Crippen LogP contribution in [0.5, 0.6) is 0 Å². The second kappa shape index (κ2) is 15.0. The van der Waals surface area contributed by atoms with Crippen molar-refractivity contribution in [2.45, 2.75) is 51.7 Å². The number of rotatable bonds is 14. The lowest BCUT2D eigenvalue weighted by molar-refractivity contribution is -0.135. The van der Waals surface area contributed by atoms with Gasteiger partial charge in [0.25, 0.3) is 0 Å². The molecule has 0 aliphatic carbocycles. The monoisotopic (exact) mass is 496 g/mol. The molecule has 0 aromatic heterocycles. The fourth-order valence-corrected chi connectivity index (χ4v) is 3.88. The average Bonchev–Trinajstić information content (AvgIpc) is 2.87. The summed E-state index contributed by atoms with van der Waals surface area (Å²) in [4.78, 5) is 40.1. The number of hydrogen-bond acceptors (Lipinski definition) is 6. The van der Waals surface area contributed by atoms with Crippen LogP contribution < -0.4 is 27.8 Å². The van der Waals surface area contributed by atoms with E-state index in [1.165, 1.54) is 4.90 Å². The highest BCUT2D eigenvalue weighted by molar-refractivity contribution is 5.92. The molecule has 0 spiro atoms. The van der Waals surface area contributed by atoms with Crippen LogP contribution in [-0.2, 0) is 27.3 Å². The van der Waals surface area contributed by atoms with E-state index in [1.807, 2.05) is 62.4 Å². The van der Waals surface area contributed by atoms with Crippen LogP contribution in [0, 0.1) is 13.8 Å². The Morgan fingerprint density at radius 2 is 1.61 bits per heavy atom. The van der Waals surface area contributed by atoms with Gasteiger partial charge in [0, 0.05) is 32.7 Å². The SMILES string of the molecule is Cc1ccc(C)c(CNC(=O)C(CCc2ccccc2)NC(=O)C(N)CC(=O)N(CCN)CCN)c1. The van der Waals surface area contributed by atoms with E-state index < -0.39 is 18.0 Å². The lowest BCUT2D eigenvalue weighted by Crippen LogP contribution is -2.53. The Morgan fingerprint density at radius 3 is 2.25 bits per heavy atom. The molecule has 9 nitrogen and oxygen atoms in total. The van der Waals surface area contributed by atoms with Crippen LogP contribution in [0.3, 0.4) is 0 Å². The molecule has 0 heterocycles. The van der Waals surface area contributed by atoms with Gasteiger partial charge >= 0.3 is 0 Å². The van der Waals surface area contributed by atoms with E-state index in [9.17, 15) is 14.4 Å². The molecule has 196 valence electrons. The molecular formula is C27H40N6O3. The summed E-state index contributed by atoms with van der Waals surface area (Å²) in [5.74, 6) is -1.15. The zero-order chi connectivity index (χ0) is 26.5.